The fraction of sp³-hybridized carbons (Fsp3) is 0.0400. The van der Waals surface area contributed by atoms with Crippen molar-refractivity contribution in [2.45, 2.75) is 4.90 Å². The molecule has 0 bridgehead atoms. The van der Waals surface area contributed by atoms with Crippen LogP contribution in [0.5, 0.6) is 11.5 Å². The van der Waals surface area contributed by atoms with Crippen LogP contribution in [0.2, 0.25) is 0 Å². The zero-order valence-electron chi connectivity index (χ0n) is 17.2. The molecule has 0 fully saturated rings. The fourth-order valence-electron chi connectivity index (χ4n) is 3.46. The molecule has 0 saturated heterocycles. The van der Waals surface area contributed by atoms with Gasteiger partial charge in [-0.05, 0) is 65.7 Å². The molecule has 0 amide bonds. The predicted octanol–water partition coefficient (Wildman–Crippen LogP) is 5.49. The summed E-state index contributed by atoms with van der Waals surface area (Å²) in [6, 6.07) is 25.9. The Kier molecular flexibility index (Phi) is 4.95. The van der Waals surface area contributed by atoms with Gasteiger partial charge in [-0.15, -0.1) is 0 Å². The number of nitrogens with one attached hydrogen (secondary N) is 1. The molecule has 0 saturated carbocycles. The first-order valence-electron chi connectivity index (χ1n) is 9.95. The summed E-state index contributed by atoms with van der Waals surface area (Å²) in [6.45, 7) is 0. The van der Waals surface area contributed by atoms with Gasteiger partial charge in [0.25, 0.3) is 0 Å². The van der Waals surface area contributed by atoms with Crippen LogP contribution in [0, 0.1) is 0 Å². The van der Waals surface area contributed by atoms with Gasteiger partial charge in [-0.25, -0.2) is 18.4 Å². The quantitative estimate of drug-likeness (QED) is 0.390. The third kappa shape index (κ3) is 4.10. The van der Waals surface area contributed by atoms with Crippen LogP contribution in [0.25, 0.3) is 33.7 Å². The van der Waals surface area contributed by atoms with Gasteiger partial charge in [0.1, 0.15) is 17.3 Å². The standard InChI is InChI=1S/C25H19N3O3S/c1-32(29,30)22-11-9-17(10-12-22)18-14-19(24-27-23-8-5-13-26-25(23)28-24)16-21(15-18)31-20-6-3-2-4-7-20/h2-16H,1H3,(H,26,27,28). The summed E-state index contributed by atoms with van der Waals surface area (Å²) in [7, 11) is -3.26. The molecule has 3 aromatic carbocycles. The van der Waals surface area contributed by atoms with E-state index < -0.39 is 9.84 Å². The Balaban J connectivity index is 1.62. The van der Waals surface area contributed by atoms with Crippen LogP contribution >= 0.6 is 0 Å². The van der Waals surface area contributed by atoms with Gasteiger partial charge >= 0.3 is 0 Å². The Bertz CT molecular complexity index is 1480. The molecule has 0 unspecified atom stereocenters. The van der Waals surface area contributed by atoms with E-state index in [1.165, 1.54) is 6.26 Å². The molecule has 7 heteroatoms. The Morgan fingerprint density at radius 3 is 2.25 bits per heavy atom. The smallest absolute Gasteiger partial charge is 0.178 e. The van der Waals surface area contributed by atoms with Crippen LogP contribution in [0.15, 0.2) is 96.0 Å². The third-order valence-electron chi connectivity index (χ3n) is 5.03. The highest BCUT2D eigenvalue weighted by Crippen LogP contribution is 2.33. The van der Waals surface area contributed by atoms with Gasteiger partial charge in [-0.3, -0.25) is 0 Å². The van der Waals surface area contributed by atoms with E-state index >= 15 is 0 Å². The molecule has 6 nitrogen and oxygen atoms in total. The number of benzene rings is 3. The van der Waals surface area contributed by atoms with E-state index in [-0.39, 0.29) is 4.90 Å². The molecule has 158 valence electrons. The van der Waals surface area contributed by atoms with Gasteiger partial charge in [0.15, 0.2) is 15.5 Å². The van der Waals surface area contributed by atoms with Gasteiger partial charge in [0.05, 0.1) is 10.4 Å². The molecule has 0 aliphatic carbocycles. The number of sulfone groups is 1. The second-order valence-electron chi connectivity index (χ2n) is 7.42. The highest BCUT2D eigenvalue weighted by Gasteiger charge is 2.12. The monoisotopic (exact) mass is 441 g/mol. The van der Waals surface area contributed by atoms with E-state index in [1.807, 2.05) is 60.7 Å². The number of aromatic nitrogens is 3. The molecular formula is C25H19N3O3S. The minimum absolute atomic E-state index is 0.279. The lowest BCUT2D eigenvalue weighted by Crippen LogP contribution is -1.96. The average Bonchev–Trinajstić information content (AvgIpc) is 3.24. The fourth-order valence-corrected chi connectivity index (χ4v) is 4.09. The first-order chi connectivity index (χ1) is 15.5. The lowest BCUT2D eigenvalue weighted by molar-refractivity contribution is 0.483. The van der Waals surface area contributed by atoms with Gasteiger partial charge in [0.2, 0.25) is 0 Å². The van der Waals surface area contributed by atoms with Crippen molar-refractivity contribution < 1.29 is 13.2 Å². The topological polar surface area (TPSA) is 84.9 Å². The van der Waals surface area contributed by atoms with Crippen molar-refractivity contribution in [3.05, 3.63) is 91.1 Å². The van der Waals surface area contributed by atoms with E-state index in [2.05, 4.69) is 15.0 Å². The van der Waals surface area contributed by atoms with Crippen molar-refractivity contribution in [3.63, 3.8) is 0 Å². The van der Waals surface area contributed by atoms with Crippen LogP contribution in [0.3, 0.4) is 0 Å². The Labute approximate surface area is 185 Å². The number of nitrogens with zero attached hydrogens (tertiary/aromatic N) is 2. The Hall–Kier alpha value is -3.97. The zero-order valence-corrected chi connectivity index (χ0v) is 18.0. The van der Waals surface area contributed by atoms with E-state index in [0.717, 1.165) is 22.2 Å². The summed E-state index contributed by atoms with van der Waals surface area (Å²) >= 11 is 0. The largest absolute Gasteiger partial charge is 0.457 e. The number of H-pyrrole nitrogens is 1. The van der Waals surface area contributed by atoms with Crippen LogP contribution in [0.4, 0.5) is 0 Å². The molecule has 0 atom stereocenters. The molecule has 2 aromatic heterocycles. The summed E-state index contributed by atoms with van der Waals surface area (Å²) < 4.78 is 29.7. The van der Waals surface area contributed by atoms with Crippen molar-refractivity contribution in [2.24, 2.45) is 0 Å². The molecule has 5 aromatic rings. The third-order valence-corrected chi connectivity index (χ3v) is 6.16. The molecule has 0 radical (unpaired) electrons. The number of fused-ring (bicyclic) bond motifs is 1. The number of para-hydroxylation sites is 1. The number of pyridine rings is 1. The second kappa shape index (κ2) is 7.94. The SMILES string of the molecule is CS(=O)(=O)c1ccc(-c2cc(Oc3ccccc3)cc(-c3nc4ncccc4[nH]3)c2)cc1. The van der Waals surface area contributed by atoms with Gasteiger partial charge in [-0.2, -0.15) is 0 Å². The average molecular weight is 442 g/mol. The molecule has 0 aliphatic heterocycles. The lowest BCUT2D eigenvalue weighted by atomic mass is 10.0. The summed E-state index contributed by atoms with van der Waals surface area (Å²) in [4.78, 5) is 12.5. The molecule has 0 spiro atoms. The van der Waals surface area contributed by atoms with Crippen molar-refractivity contribution in [1.82, 2.24) is 15.0 Å². The maximum atomic E-state index is 11.8. The predicted molar refractivity (Wildman–Crippen MR) is 124 cm³/mol. The Morgan fingerprint density at radius 2 is 1.53 bits per heavy atom. The molecule has 5 rings (SSSR count). The van der Waals surface area contributed by atoms with Crippen molar-refractivity contribution in [1.29, 1.82) is 0 Å². The first kappa shape index (κ1) is 20.0. The molecule has 0 aliphatic rings. The lowest BCUT2D eigenvalue weighted by Gasteiger charge is -2.11. The molecule has 1 N–H and O–H groups in total. The van der Waals surface area contributed by atoms with Crippen LogP contribution in [0.1, 0.15) is 0 Å². The van der Waals surface area contributed by atoms with Crippen LogP contribution < -0.4 is 4.74 Å². The zero-order chi connectivity index (χ0) is 22.1. The molecule has 2 heterocycles. The van der Waals surface area contributed by atoms with Gasteiger partial charge in [0, 0.05) is 18.0 Å². The number of rotatable bonds is 5. The number of imidazole rings is 1. The number of hydrogen-bond acceptors (Lipinski definition) is 5. The van der Waals surface area contributed by atoms with Gasteiger partial charge in [-0.1, -0.05) is 30.3 Å². The summed E-state index contributed by atoms with van der Waals surface area (Å²) in [5.41, 5.74) is 4.05. The minimum Gasteiger partial charge on any atom is -0.457 e. The summed E-state index contributed by atoms with van der Waals surface area (Å²) in [6.07, 6.45) is 2.90. The maximum Gasteiger partial charge on any atom is 0.178 e. The highest BCUT2D eigenvalue weighted by atomic mass is 32.2. The maximum absolute atomic E-state index is 11.8. The molecular weight excluding hydrogens is 422 g/mol. The van der Waals surface area contributed by atoms with E-state index in [9.17, 15) is 8.42 Å². The normalized spacial score (nSPS) is 11.5. The molecule has 32 heavy (non-hydrogen) atoms. The number of ether oxygens (including phenoxy) is 1. The van der Waals surface area contributed by atoms with E-state index in [0.29, 0.717) is 23.0 Å². The van der Waals surface area contributed by atoms with Crippen LogP contribution in [-0.4, -0.2) is 29.6 Å². The van der Waals surface area contributed by atoms with Crippen molar-refractivity contribution in [2.75, 3.05) is 6.26 Å². The van der Waals surface area contributed by atoms with Crippen LogP contribution in [-0.2, 0) is 9.84 Å². The van der Waals surface area contributed by atoms with Crippen molar-refractivity contribution >= 4 is 21.0 Å². The number of aromatic amines is 1. The van der Waals surface area contributed by atoms with E-state index in [4.69, 9.17) is 4.74 Å². The minimum atomic E-state index is -3.26. The summed E-state index contributed by atoms with van der Waals surface area (Å²) in [5, 5.41) is 0. The van der Waals surface area contributed by atoms with E-state index in [1.54, 1.807) is 30.5 Å². The second-order valence-corrected chi connectivity index (χ2v) is 9.43. The highest BCUT2D eigenvalue weighted by molar-refractivity contribution is 7.90. The van der Waals surface area contributed by atoms with Gasteiger partial charge < -0.3 is 9.72 Å². The summed E-state index contributed by atoms with van der Waals surface area (Å²) in [5.74, 6) is 2.03. The number of hydrogen-bond donors (Lipinski definition) is 1. The van der Waals surface area contributed by atoms with Crippen molar-refractivity contribution in [3.8, 4) is 34.0 Å². The Morgan fingerprint density at radius 1 is 0.781 bits per heavy atom. The first-order valence-corrected chi connectivity index (χ1v) is 11.8.